The molecule has 1 amide bonds. The number of aryl methyl sites for hydroxylation is 2. The van der Waals surface area contributed by atoms with Crippen molar-refractivity contribution in [1.82, 2.24) is 15.0 Å². The number of rotatable bonds is 8. The highest BCUT2D eigenvalue weighted by Crippen LogP contribution is 2.35. The van der Waals surface area contributed by atoms with Crippen LogP contribution in [0.2, 0.25) is 0 Å². The maximum atomic E-state index is 13.3. The summed E-state index contributed by atoms with van der Waals surface area (Å²) in [5, 5.41) is 4.76. The normalized spacial score (nSPS) is 15.7. The molecule has 0 saturated heterocycles. The average Bonchev–Trinajstić information content (AvgIpc) is 3.31. The number of methoxy groups -OCH3 is 1. The van der Waals surface area contributed by atoms with E-state index in [0.29, 0.717) is 29.4 Å². The molecule has 1 aliphatic rings. The highest BCUT2D eigenvalue weighted by molar-refractivity contribution is 7.18. The number of nitrogens with zero attached hydrogens (tertiary/aromatic N) is 3. The Morgan fingerprint density at radius 1 is 1.26 bits per heavy atom. The minimum Gasteiger partial charge on any atom is -0.493 e. The van der Waals surface area contributed by atoms with E-state index in [-0.39, 0.29) is 5.56 Å². The Hall–Kier alpha value is -3.98. The van der Waals surface area contributed by atoms with E-state index in [4.69, 9.17) is 9.47 Å². The number of thiophene rings is 1. The van der Waals surface area contributed by atoms with Gasteiger partial charge in [0.15, 0.2) is 11.5 Å². The smallest absolute Gasteiger partial charge is 0.263 e. The summed E-state index contributed by atoms with van der Waals surface area (Å²) in [6.07, 6.45) is 5.90. The molecular formula is C30H32N4O4S. The summed E-state index contributed by atoms with van der Waals surface area (Å²) in [6, 6.07) is 12.8. The molecule has 4 aromatic rings. The lowest BCUT2D eigenvalue weighted by atomic mass is 9.89. The van der Waals surface area contributed by atoms with Crippen LogP contribution in [0.1, 0.15) is 53.4 Å². The number of hydrazone groups is 1. The first-order valence-corrected chi connectivity index (χ1v) is 13.9. The molecular weight excluding hydrogens is 512 g/mol. The lowest BCUT2D eigenvalue weighted by Gasteiger charge is -2.18. The van der Waals surface area contributed by atoms with E-state index in [1.165, 1.54) is 27.5 Å². The van der Waals surface area contributed by atoms with Crippen LogP contribution in [0.4, 0.5) is 0 Å². The standard InChI is InChI=1S/C30H32N4O4S/c1-18-5-8-21(9-6-18)16-38-24-12-10-22(14-25(24)37-4)15-32-33-28(35)20(3)34-17-31-29-27(30(34)36)23-11-7-19(2)13-26(23)39-29/h5-6,8-10,12,14-15,17,19-20H,7,11,13,16H2,1-4H3,(H,33,35)/b32-15+. The van der Waals surface area contributed by atoms with Gasteiger partial charge in [0.05, 0.1) is 25.0 Å². The van der Waals surface area contributed by atoms with Gasteiger partial charge in [0.25, 0.3) is 11.5 Å². The molecule has 2 aromatic heterocycles. The molecule has 0 saturated carbocycles. The molecule has 1 N–H and O–H groups in total. The van der Waals surface area contributed by atoms with Crippen molar-refractivity contribution in [1.29, 1.82) is 0 Å². The third-order valence-corrected chi connectivity index (χ3v) is 8.29. The fraction of sp³-hybridized carbons (Fsp3) is 0.333. The summed E-state index contributed by atoms with van der Waals surface area (Å²) in [5.74, 6) is 1.38. The van der Waals surface area contributed by atoms with E-state index in [1.807, 2.05) is 43.3 Å². The topological polar surface area (TPSA) is 94.8 Å². The van der Waals surface area contributed by atoms with Gasteiger partial charge in [-0.05, 0) is 73.9 Å². The zero-order chi connectivity index (χ0) is 27.5. The third kappa shape index (κ3) is 5.73. The van der Waals surface area contributed by atoms with Crippen molar-refractivity contribution in [3.63, 3.8) is 0 Å². The van der Waals surface area contributed by atoms with Gasteiger partial charge >= 0.3 is 0 Å². The van der Waals surface area contributed by atoms with Crippen LogP contribution in [-0.4, -0.2) is 28.8 Å². The van der Waals surface area contributed by atoms with Gasteiger partial charge in [-0.2, -0.15) is 5.10 Å². The van der Waals surface area contributed by atoms with Crippen LogP contribution in [0.15, 0.2) is 58.7 Å². The molecule has 2 heterocycles. The second-order valence-corrected chi connectivity index (χ2v) is 11.2. The average molecular weight is 545 g/mol. The summed E-state index contributed by atoms with van der Waals surface area (Å²) in [7, 11) is 1.58. The van der Waals surface area contributed by atoms with E-state index in [1.54, 1.807) is 31.4 Å². The molecule has 0 aliphatic heterocycles. The molecule has 202 valence electrons. The Morgan fingerprint density at radius 2 is 2.05 bits per heavy atom. The van der Waals surface area contributed by atoms with Gasteiger partial charge in [-0.25, -0.2) is 10.4 Å². The van der Waals surface area contributed by atoms with Crippen molar-refractivity contribution in [3.05, 3.63) is 86.3 Å². The number of hydrogen-bond acceptors (Lipinski definition) is 7. The molecule has 2 aromatic carbocycles. The SMILES string of the molecule is COc1cc(/C=N/NC(=O)C(C)n2cnc3sc4c(c3c2=O)CCC(C)C4)ccc1OCc1ccc(C)cc1. The minimum atomic E-state index is -0.767. The maximum Gasteiger partial charge on any atom is 0.263 e. The first-order chi connectivity index (χ1) is 18.8. The number of carbonyl (C=O) groups is 1. The van der Waals surface area contributed by atoms with Gasteiger partial charge in [-0.1, -0.05) is 36.8 Å². The molecule has 2 atom stereocenters. The van der Waals surface area contributed by atoms with Crippen LogP contribution >= 0.6 is 11.3 Å². The largest absolute Gasteiger partial charge is 0.493 e. The fourth-order valence-corrected chi connectivity index (χ4v) is 6.08. The Balaban J connectivity index is 1.25. The van der Waals surface area contributed by atoms with Crippen molar-refractivity contribution >= 4 is 33.7 Å². The number of carbonyl (C=O) groups excluding carboxylic acids is 1. The first kappa shape index (κ1) is 26.6. The molecule has 0 bridgehead atoms. The Labute approximate surface area is 231 Å². The van der Waals surface area contributed by atoms with Crippen LogP contribution in [0.3, 0.4) is 0 Å². The quantitative estimate of drug-likeness (QED) is 0.243. The Morgan fingerprint density at radius 3 is 2.82 bits per heavy atom. The summed E-state index contributed by atoms with van der Waals surface area (Å²) in [4.78, 5) is 32.7. The van der Waals surface area contributed by atoms with Crippen LogP contribution in [0.25, 0.3) is 10.2 Å². The Kier molecular flexibility index (Phi) is 7.79. The van der Waals surface area contributed by atoms with E-state index in [0.717, 1.165) is 40.8 Å². The second-order valence-electron chi connectivity index (χ2n) is 10.1. The second kappa shape index (κ2) is 11.4. The summed E-state index contributed by atoms with van der Waals surface area (Å²) in [5.41, 5.74) is 6.45. The molecule has 39 heavy (non-hydrogen) atoms. The number of amides is 1. The lowest BCUT2D eigenvalue weighted by molar-refractivity contribution is -0.123. The maximum absolute atomic E-state index is 13.3. The highest BCUT2D eigenvalue weighted by atomic mass is 32.1. The molecule has 0 radical (unpaired) electrons. The molecule has 2 unspecified atom stereocenters. The number of nitrogens with one attached hydrogen (secondary N) is 1. The molecule has 5 rings (SSSR count). The molecule has 0 spiro atoms. The third-order valence-electron chi connectivity index (χ3n) is 7.13. The zero-order valence-corrected chi connectivity index (χ0v) is 23.4. The Bertz CT molecular complexity index is 1590. The van der Waals surface area contributed by atoms with E-state index < -0.39 is 11.9 Å². The van der Waals surface area contributed by atoms with Gasteiger partial charge in [-0.3, -0.25) is 14.2 Å². The van der Waals surface area contributed by atoms with Crippen molar-refractivity contribution < 1.29 is 14.3 Å². The minimum absolute atomic E-state index is 0.176. The molecule has 0 fully saturated rings. The van der Waals surface area contributed by atoms with Crippen LogP contribution in [0.5, 0.6) is 11.5 Å². The lowest BCUT2D eigenvalue weighted by Crippen LogP contribution is -2.34. The zero-order valence-electron chi connectivity index (χ0n) is 22.6. The number of benzene rings is 2. The van der Waals surface area contributed by atoms with Crippen molar-refractivity contribution in [3.8, 4) is 11.5 Å². The summed E-state index contributed by atoms with van der Waals surface area (Å²) < 4.78 is 12.8. The first-order valence-electron chi connectivity index (χ1n) is 13.0. The number of fused-ring (bicyclic) bond motifs is 3. The van der Waals surface area contributed by atoms with Crippen LogP contribution < -0.4 is 20.5 Å². The predicted octanol–water partition coefficient (Wildman–Crippen LogP) is 5.19. The number of hydrogen-bond donors (Lipinski definition) is 1. The predicted molar refractivity (Wildman–Crippen MR) is 154 cm³/mol. The van der Waals surface area contributed by atoms with Gasteiger partial charge in [0.1, 0.15) is 17.5 Å². The monoisotopic (exact) mass is 544 g/mol. The van der Waals surface area contributed by atoms with Gasteiger partial charge in [0.2, 0.25) is 0 Å². The van der Waals surface area contributed by atoms with Crippen molar-refractivity contribution in [2.45, 2.75) is 52.7 Å². The van der Waals surface area contributed by atoms with E-state index in [2.05, 4.69) is 22.4 Å². The van der Waals surface area contributed by atoms with E-state index >= 15 is 0 Å². The summed E-state index contributed by atoms with van der Waals surface area (Å²) >= 11 is 1.60. The van der Waals surface area contributed by atoms with Gasteiger partial charge in [0, 0.05) is 4.88 Å². The van der Waals surface area contributed by atoms with Crippen molar-refractivity contribution in [2.75, 3.05) is 7.11 Å². The van der Waals surface area contributed by atoms with Gasteiger partial charge < -0.3 is 9.47 Å². The van der Waals surface area contributed by atoms with E-state index in [9.17, 15) is 9.59 Å². The highest BCUT2D eigenvalue weighted by Gasteiger charge is 2.25. The molecule has 1 aliphatic carbocycles. The fourth-order valence-electron chi connectivity index (χ4n) is 4.74. The number of ether oxygens (including phenoxy) is 2. The number of aromatic nitrogens is 2. The van der Waals surface area contributed by atoms with Gasteiger partial charge in [-0.15, -0.1) is 11.3 Å². The summed E-state index contributed by atoms with van der Waals surface area (Å²) in [6.45, 7) is 6.37. The molecule has 8 nitrogen and oxygen atoms in total. The van der Waals surface area contributed by atoms with Crippen LogP contribution in [0, 0.1) is 12.8 Å². The molecule has 9 heteroatoms. The van der Waals surface area contributed by atoms with Crippen molar-refractivity contribution in [2.24, 2.45) is 11.0 Å². The van der Waals surface area contributed by atoms with Crippen LogP contribution in [-0.2, 0) is 24.2 Å².